The quantitative estimate of drug-likeness (QED) is 0.341. The Kier molecular flexibility index (Phi) is 9.86. The molecule has 1 amide bonds. The fraction of sp³-hybridized carbons (Fsp3) is 0.516. The third-order valence-electron chi connectivity index (χ3n) is 8.21. The van der Waals surface area contributed by atoms with Gasteiger partial charge in [-0.05, 0) is 56.1 Å². The maximum Gasteiger partial charge on any atom is 0.309 e. The van der Waals surface area contributed by atoms with Crippen molar-refractivity contribution >= 4 is 17.7 Å². The van der Waals surface area contributed by atoms with Crippen LogP contribution in [0.5, 0.6) is 0 Å². The Morgan fingerprint density at radius 1 is 0.944 bits per heavy atom. The molecular weight excluding hydrogens is 450 g/mol. The van der Waals surface area contributed by atoms with Gasteiger partial charge in [-0.15, -0.1) is 0 Å². The lowest BCUT2D eigenvalue weighted by Gasteiger charge is -2.36. The second-order valence-corrected chi connectivity index (χ2v) is 10.5. The number of rotatable bonds is 13. The third kappa shape index (κ3) is 6.83. The van der Waals surface area contributed by atoms with Crippen LogP contribution >= 0.6 is 0 Å². The first-order chi connectivity index (χ1) is 17.3. The molecule has 0 aromatic heterocycles. The number of aliphatic carboxylic acids is 1. The molecule has 3 atom stereocenters. The number of nitrogens with one attached hydrogen (secondary N) is 1. The van der Waals surface area contributed by atoms with Gasteiger partial charge in [0.05, 0.1) is 5.41 Å². The summed E-state index contributed by atoms with van der Waals surface area (Å²) in [6.07, 6.45) is 5.33. The molecule has 5 nitrogen and oxygen atoms in total. The molecule has 3 rings (SSSR count). The maximum atomic E-state index is 13.4. The van der Waals surface area contributed by atoms with E-state index in [0.717, 1.165) is 12.8 Å². The van der Waals surface area contributed by atoms with Gasteiger partial charge in [-0.25, -0.2) is 0 Å². The predicted octanol–water partition coefficient (Wildman–Crippen LogP) is 6.37. The summed E-state index contributed by atoms with van der Waals surface area (Å²) < 4.78 is 0. The zero-order chi connectivity index (χ0) is 26.1. The highest BCUT2D eigenvalue weighted by atomic mass is 16.4. The third-order valence-corrected chi connectivity index (χ3v) is 8.21. The van der Waals surface area contributed by atoms with Crippen molar-refractivity contribution in [1.82, 2.24) is 5.32 Å². The number of hydrogen-bond acceptors (Lipinski definition) is 3. The average molecular weight is 492 g/mol. The molecule has 1 aliphatic rings. The van der Waals surface area contributed by atoms with Crippen molar-refractivity contribution in [2.75, 3.05) is 0 Å². The van der Waals surface area contributed by atoms with Gasteiger partial charge < -0.3 is 10.4 Å². The number of benzene rings is 2. The first-order valence-corrected chi connectivity index (χ1v) is 13.4. The van der Waals surface area contributed by atoms with E-state index in [1.165, 1.54) is 18.1 Å². The summed E-state index contributed by atoms with van der Waals surface area (Å²) >= 11 is 0. The number of Topliss-reactive ketones (excluding diaryl/α,β-unsaturated/α-hetero) is 1. The molecule has 0 bridgehead atoms. The molecule has 0 saturated heterocycles. The minimum atomic E-state index is -0.736. The van der Waals surface area contributed by atoms with Crippen LogP contribution in [0.3, 0.4) is 0 Å². The largest absolute Gasteiger partial charge is 0.481 e. The molecule has 0 spiro atoms. The molecule has 36 heavy (non-hydrogen) atoms. The second kappa shape index (κ2) is 12.8. The molecule has 0 aliphatic heterocycles. The van der Waals surface area contributed by atoms with Crippen LogP contribution in [0.1, 0.15) is 89.2 Å². The fourth-order valence-electron chi connectivity index (χ4n) is 6.18. The van der Waals surface area contributed by atoms with Crippen LogP contribution in [0.4, 0.5) is 0 Å². The summed E-state index contributed by atoms with van der Waals surface area (Å²) in [5, 5.41) is 13.1. The van der Waals surface area contributed by atoms with E-state index in [-0.39, 0.29) is 35.5 Å². The first-order valence-electron chi connectivity index (χ1n) is 13.4. The van der Waals surface area contributed by atoms with E-state index >= 15 is 0 Å². The zero-order valence-electron chi connectivity index (χ0n) is 21.9. The van der Waals surface area contributed by atoms with Crippen LogP contribution < -0.4 is 5.32 Å². The monoisotopic (exact) mass is 491 g/mol. The summed E-state index contributed by atoms with van der Waals surface area (Å²) in [6.45, 7) is 5.37. The summed E-state index contributed by atoms with van der Waals surface area (Å²) in [5.74, 6) is -1.09. The fourth-order valence-corrected chi connectivity index (χ4v) is 6.18. The van der Waals surface area contributed by atoms with Crippen molar-refractivity contribution in [1.29, 1.82) is 0 Å². The zero-order valence-corrected chi connectivity index (χ0v) is 21.9. The van der Waals surface area contributed by atoms with E-state index in [9.17, 15) is 19.5 Å². The Morgan fingerprint density at radius 2 is 1.47 bits per heavy atom. The Hall–Kier alpha value is -2.95. The number of carbonyl (C=O) groups excluding carboxylic acids is 2. The van der Waals surface area contributed by atoms with E-state index in [1.54, 1.807) is 0 Å². The minimum Gasteiger partial charge on any atom is -0.481 e. The highest BCUT2D eigenvalue weighted by molar-refractivity contribution is 5.81. The molecule has 5 heteroatoms. The van der Waals surface area contributed by atoms with Crippen LogP contribution in [0.2, 0.25) is 0 Å². The summed E-state index contributed by atoms with van der Waals surface area (Å²) in [4.78, 5) is 37.7. The number of carbonyl (C=O) groups is 3. The molecule has 1 aliphatic carbocycles. The van der Waals surface area contributed by atoms with Gasteiger partial charge in [0, 0.05) is 31.2 Å². The van der Waals surface area contributed by atoms with Crippen molar-refractivity contribution in [3.8, 4) is 0 Å². The minimum absolute atomic E-state index is 0.0562. The Labute approximate surface area is 215 Å². The van der Waals surface area contributed by atoms with E-state index in [0.29, 0.717) is 38.5 Å². The number of carboxylic acids is 1. The van der Waals surface area contributed by atoms with Gasteiger partial charge in [0.2, 0.25) is 5.91 Å². The van der Waals surface area contributed by atoms with E-state index in [2.05, 4.69) is 29.6 Å². The number of carboxylic acid groups (broad SMARTS) is 1. The van der Waals surface area contributed by atoms with Crippen molar-refractivity contribution in [3.63, 3.8) is 0 Å². The molecule has 1 saturated carbocycles. The van der Waals surface area contributed by atoms with Crippen molar-refractivity contribution < 1.29 is 19.5 Å². The van der Waals surface area contributed by atoms with Gasteiger partial charge in [-0.1, -0.05) is 80.4 Å². The second-order valence-electron chi connectivity index (χ2n) is 10.5. The summed E-state index contributed by atoms with van der Waals surface area (Å²) in [6, 6.07) is 20.4. The van der Waals surface area contributed by atoms with Crippen LogP contribution in [-0.4, -0.2) is 28.8 Å². The van der Waals surface area contributed by atoms with Gasteiger partial charge >= 0.3 is 5.97 Å². The highest BCUT2D eigenvalue weighted by Gasteiger charge is 2.43. The maximum absolute atomic E-state index is 13.4. The standard InChI is InChI=1S/C31H41NO4/c1-4-29(34)26(17-20-31(30(35)36)18-11-12-19-31)27(22(2)32-23(3)33)21-28(24-13-7-5-8-14-24)25-15-9-6-10-16-25/h5-10,13-16,22,26-28H,4,11-12,17-21H2,1-3H3,(H,32,33)(H,35,36). The average Bonchev–Trinajstić information content (AvgIpc) is 3.36. The molecule has 0 heterocycles. The van der Waals surface area contributed by atoms with Crippen LogP contribution in [-0.2, 0) is 14.4 Å². The van der Waals surface area contributed by atoms with E-state index in [1.807, 2.05) is 50.2 Å². The molecule has 2 aromatic rings. The lowest BCUT2D eigenvalue weighted by molar-refractivity contribution is -0.149. The van der Waals surface area contributed by atoms with Gasteiger partial charge in [0.1, 0.15) is 5.78 Å². The molecule has 2 N–H and O–H groups in total. The summed E-state index contributed by atoms with van der Waals surface area (Å²) in [5.41, 5.74) is 1.61. The van der Waals surface area contributed by atoms with Gasteiger partial charge in [-0.3, -0.25) is 14.4 Å². The van der Waals surface area contributed by atoms with Gasteiger partial charge in [0.25, 0.3) is 0 Å². The highest BCUT2D eigenvalue weighted by Crippen LogP contribution is 2.45. The van der Waals surface area contributed by atoms with Crippen LogP contribution in [0.25, 0.3) is 0 Å². The lowest BCUT2D eigenvalue weighted by Crippen LogP contribution is -2.43. The molecule has 1 fully saturated rings. The molecule has 2 aromatic carbocycles. The van der Waals surface area contributed by atoms with E-state index < -0.39 is 11.4 Å². The molecular formula is C31H41NO4. The summed E-state index contributed by atoms with van der Waals surface area (Å²) in [7, 11) is 0. The van der Waals surface area contributed by atoms with Crippen LogP contribution in [0, 0.1) is 17.3 Å². The molecule has 194 valence electrons. The molecule has 3 unspecified atom stereocenters. The van der Waals surface area contributed by atoms with Crippen LogP contribution in [0.15, 0.2) is 60.7 Å². The Balaban J connectivity index is 1.98. The molecule has 0 radical (unpaired) electrons. The van der Waals surface area contributed by atoms with E-state index in [4.69, 9.17) is 0 Å². The van der Waals surface area contributed by atoms with Gasteiger partial charge in [-0.2, -0.15) is 0 Å². The van der Waals surface area contributed by atoms with Gasteiger partial charge in [0.15, 0.2) is 0 Å². The number of hydrogen-bond donors (Lipinski definition) is 2. The first kappa shape index (κ1) is 27.6. The van der Waals surface area contributed by atoms with Crippen molar-refractivity contribution in [2.45, 2.75) is 84.1 Å². The number of ketones is 1. The Bertz CT molecular complexity index is 958. The topological polar surface area (TPSA) is 83.5 Å². The SMILES string of the molecule is CCC(=O)C(CCC1(C(=O)O)CCCC1)C(CC(c1ccccc1)c1ccccc1)C(C)NC(C)=O. The predicted molar refractivity (Wildman–Crippen MR) is 143 cm³/mol. The lowest BCUT2D eigenvalue weighted by atomic mass is 9.70. The van der Waals surface area contributed by atoms with Crippen molar-refractivity contribution in [2.24, 2.45) is 17.3 Å². The number of amides is 1. The van der Waals surface area contributed by atoms with Crippen molar-refractivity contribution in [3.05, 3.63) is 71.8 Å². The smallest absolute Gasteiger partial charge is 0.309 e. The Morgan fingerprint density at radius 3 is 1.92 bits per heavy atom. The normalized spacial score (nSPS) is 17.3.